The molecule has 0 amide bonds. The van der Waals surface area contributed by atoms with Gasteiger partial charge in [0.1, 0.15) is 0 Å². The SMILES string of the molecule is ClC=Cc1ccccc1.ClC=Cc1ccccc1. The summed E-state index contributed by atoms with van der Waals surface area (Å²) >= 11 is 10.7. The molecule has 0 aliphatic rings. The van der Waals surface area contributed by atoms with Gasteiger partial charge >= 0.3 is 0 Å². The maximum atomic E-state index is 5.36. The fourth-order valence-electron chi connectivity index (χ4n) is 1.27. The molecular weight excluding hydrogens is 263 g/mol. The van der Waals surface area contributed by atoms with Crippen LogP contribution in [-0.4, -0.2) is 0 Å². The van der Waals surface area contributed by atoms with Crippen LogP contribution in [0.2, 0.25) is 0 Å². The van der Waals surface area contributed by atoms with Crippen LogP contribution in [0.5, 0.6) is 0 Å². The second-order valence-electron chi connectivity index (χ2n) is 3.41. The lowest BCUT2D eigenvalue weighted by atomic mass is 10.2. The Kier molecular flexibility index (Phi) is 7.70. The number of hydrogen-bond donors (Lipinski definition) is 0. The molecule has 0 saturated carbocycles. The van der Waals surface area contributed by atoms with Crippen molar-refractivity contribution in [1.82, 2.24) is 0 Å². The predicted octanol–water partition coefficient (Wildman–Crippen LogP) is 5.79. The van der Waals surface area contributed by atoms with E-state index in [4.69, 9.17) is 23.2 Å². The van der Waals surface area contributed by atoms with Crippen LogP contribution < -0.4 is 0 Å². The Bertz CT molecular complexity index is 425. The Balaban J connectivity index is 0.000000180. The fraction of sp³-hybridized carbons (Fsp3) is 0. The van der Waals surface area contributed by atoms with Crippen molar-refractivity contribution in [2.24, 2.45) is 0 Å². The molecule has 0 nitrogen and oxygen atoms in total. The average Bonchev–Trinajstić information content (AvgIpc) is 2.43. The highest BCUT2D eigenvalue weighted by atomic mass is 35.5. The molecule has 0 heterocycles. The summed E-state index contributed by atoms with van der Waals surface area (Å²) in [7, 11) is 0. The zero-order valence-electron chi connectivity index (χ0n) is 9.84. The smallest absolute Gasteiger partial charge is 0.00484 e. The van der Waals surface area contributed by atoms with Gasteiger partial charge in [-0.2, -0.15) is 0 Å². The third-order valence-electron chi connectivity index (χ3n) is 2.11. The van der Waals surface area contributed by atoms with Crippen molar-refractivity contribution in [1.29, 1.82) is 0 Å². The van der Waals surface area contributed by atoms with Crippen LogP contribution in [0.1, 0.15) is 11.1 Å². The van der Waals surface area contributed by atoms with Crippen LogP contribution in [0.25, 0.3) is 12.2 Å². The molecule has 0 fully saturated rings. The molecule has 92 valence electrons. The highest BCUT2D eigenvalue weighted by molar-refractivity contribution is 6.27. The Morgan fingerprint density at radius 3 is 1.17 bits per heavy atom. The molecule has 0 aromatic heterocycles. The first-order valence-electron chi connectivity index (χ1n) is 5.50. The van der Waals surface area contributed by atoms with E-state index in [2.05, 4.69) is 0 Å². The van der Waals surface area contributed by atoms with E-state index in [-0.39, 0.29) is 0 Å². The Morgan fingerprint density at radius 1 is 0.556 bits per heavy atom. The number of hydrogen-bond acceptors (Lipinski definition) is 0. The van der Waals surface area contributed by atoms with Crippen LogP contribution in [-0.2, 0) is 0 Å². The maximum absolute atomic E-state index is 5.36. The van der Waals surface area contributed by atoms with Gasteiger partial charge in [-0.15, -0.1) is 0 Å². The second kappa shape index (κ2) is 9.52. The molecule has 0 aliphatic carbocycles. The molecule has 0 spiro atoms. The molecule has 0 bridgehead atoms. The van der Waals surface area contributed by atoms with E-state index in [0.717, 1.165) is 11.1 Å². The van der Waals surface area contributed by atoms with Gasteiger partial charge in [-0.1, -0.05) is 83.9 Å². The van der Waals surface area contributed by atoms with Gasteiger partial charge < -0.3 is 0 Å². The Hall–Kier alpha value is -1.50. The summed E-state index contributed by atoms with van der Waals surface area (Å²) in [6.45, 7) is 0. The molecule has 0 unspecified atom stereocenters. The summed E-state index contributed by atoms with van der Waals surface area (Å²) in [5, 5.41) is 0. The van der Waals surface area contributed by atoms with Crippen LogP contribution in [0, 0.1) is 0 Å². The predicted molar refractivity (Wildman–Crippen MR) is 82.7 cm³/mol. The van der Waals surface area contributed by atoms with E-state index in [1.807, 2.05) is 72.8 Å². The number of halogens is 2. The van der Waals surface area contributed by atoms with Crippen molar-refractivity contribution in [3.63, 3.8) is 0 Å². The summed E-state index contributed by atoms with van der Waals surface area (Å²) < 4.78 is 0. The minimum Gasteiger partial charge on any atom is -0.0929 e. The fourth-order valence-corrected chi connectivity index (χ4v) is 1.56. The van der Waals surface area contributed by atoms with Crippen molar-refractivity contribution in [2.75, 3.05) is 0 Å². The summed E-state index contributed by atoms with van der Waals surface area (Å²) in [6.07, 6.45) is 3.70. The molecular formula is C16H14Cl2. The number of rotatable bonds is 2. The van der Waals surface area contributed by atoms with Crippen molar-refractivity contribution in [3.8, 4) is 0 Å². The molecule has 0 aliphatic heterocycles. The molecule has 2 aromatic rings. The topological polar surface area (TPSA) is 0 Å². The average molecular weight is 277 g/mol. The van der Waals surface area contributed by atoms with E-state index >= 15 is 0 Å². The van der Waals surface area contributed by atoms with Crippen LogP contribution >= 0.6 is 23.2 Å². The molecule has 0 saturated heterocycles. The summed E-state index contributed by atoms with van der Waals surface area (Å²) in [5.74, 6) is 0. The molecule has 0 atom stereocenters. The van der Waals surface area contributed by atoms with Gasteiger partial charge in [0.25, 0.3) is 0 Å². The quantitative estimate of drug-likeness (QED) is 0.651. The molecule has 2 rings (SSSR count). The maximum Gasteiger partial charge on any atom is 0.00484 e. The summed E-state index contributed by atoms with van der Waals surface area (Å²) in [4.78, 5) is 0. The van der Waals surface area contributed by atoms with Gasteiger partial charge in [-0.25, -0.2) is 0 Å². The van der Waals surface area contributed by atoms with E-state index in [9.17, 15) is 0 Å². The van der Waals surface area contributed by atoms with Crippen molar-refractivity contribution >= 4 is 35.4 Å². The van der Waals surface area contributed by atoms with Crippen LogP contribution in [0.4, 0.5) is 0 Å². The zero-order valence-corrected chi connectivity index (χ0v) is 11.4. The van der Waals surface area contributed by atoms with Gasteiger partial charge in [-0.3, -0.25) is 0 Å². The van der Waals surface area contributed by atoms with Crippen LogP contribution in [0.15, 0.2) is 71.7 Å². The Labute approximate surface area is 118 Å². The van der Waals surface area contributed by atoms with Crippen molar-refractivity contribution < 1.29 is 0 Å². The lowest BCUT2D eigenvalue weighted by Gasteiger charge is -1.86. The first-order chi connectivity index (χ1) is 8.86. The van der Waals surface area contributed by atoms with E-state index in [1.165, 1.54) is 11.1 Å². The van der Waals surface area contributed by atoms with E-state index < -0.39 is 0 Å². The van der Waals surface area contributed by atoms with Gasteiger partial charge in [-0.05, 0) is 23.3 Å². The van der Waals surface area contributed by atoms with Gasteiger partial charge in [0, 0.05) is 11.1 Å². The highest BCUT2D eigenvalue weighted by Crippen LogP contribution is 2.01. The van der Waals surface area contributed by atoms with Gasteiger partial charge in [0.05, 0.1) is 0 Å². The minimum absolute atomic E-state index is 1.13. The second-order valence-corrected chi connectivity index (χ2v) is 3.91. The van der Waals surface area contributed by atoms with E-state index in [1.54, 1.807) is 0 Å². The van der Waals surface area contributed by atoms with E-state index in [0.29, 0.717) is 0 Å². The normalized spacial score (nSPS) is 10.3. The third-order valence-corrected chi connectivity index (χ3v) is 2.36. The monoisotopic (exact) mass is 276 g/mol. The highest BCUT2D eigenvalue weighted by Gasteiger charge is 1.79. The third kappa shape index (κ3) is 6.29. The standard InChI is InChI=1S/2C8H7Cl/c2*9-7-6-8-4-2-1-3-5-8/h2*1-7H. The first kappa shape index (κ1) is 14.6. The first-order valence-corrected chi connectivity index (χ1v) is 6.37. The molecule has 2 aromatic carbocycles. The Morgan fingerprint density at radius 2 is 0.889 bits per heavy atom. The zero-order chi connectivity index (χ0) is 13.1. The lowest BCUT2D eigenvalue weighted by molar-refractivity contribution is 1.66. The van der Waals surface area contributed by atoms with Gasteiger partial charge in [0.15, 0.2) is 0 Å². The molecule has 2 heteroatoms. The van der Waals surface area contributed by atoms with Crippen molar-refractivity contribution in [3.05, 3.63) is 82.9 Å². The van der Waals surface area contributed by atoms with Crippen LogP contribution in [0.3, 0.4) is 0 Å². The van der Waals surface area contributed by atoms with Crippen molar-refractivity contribution in [2.45, 2.75) is 0 Å². The lowest BCUT2D eigenvalue weighted by Crippen LogP contribution is -1.64. The molecule has 0 N–H and O–H groups in total. The largest absolute Gasteiger partial charge is 0.0929 e. The number of benzene rings is 2. The minimum atomic E-state index is 1.13. The van der Waals surface area contributed by atoms with Gasteiger partial charge in [0.2, 0.25) is 0 Å². The summed E-state index contributed by atoms with van der Waals surface area (Å²) in [6, 6.07) is 19.9. The summed E-state index contributed by atoms with van der Waals surface area (Å²) in [5.41, 5.74) is 5.28. The molecule has 0 radical (unpaired) electrons. The molecule has 18 heavy (non-hydrogen) atoms.